The number of aromatic nitrogens is 5. The predicted octanol–water partition coefficient (Wildman–Crippen LogP) is 3.06. The van der Waals surface area contributed by atoms with E-state index >= 15 is 0 Å². The lowest BCUT2D eigenvalue weighted by atomic mass is 10.2. The molecule has 0 unspecified atom stereocenters. The molecule has 0 saturated carbocycles. The second kappa shape index (κ2) is 7.44. The van der Waals surface area contributed by atoms with E-state index in [4.69, 9.17) is 0 Å². The highest BCUT2D eigenvalue weighted by Crippen LogP contribution is 2.24. The highest BCUT2D eigenvalue weighted by molar-refractivity contribution is 7.99. The van der Waals surface area contributed by atoms with Crippen LogP contribution in [0.4, 0.5) is 0 Å². The zero-order valence-electron chi connectivity index (χ0n) is 13.7. The maximum atomic E-state index is 12.3. The third-order valence-corrected chi connectivity index (χ3v) is 4.63. The molecule has 0 bridgehead atoms. The first-order valence-corrected chi connectivity index (χ1v) is 8.80. The summed E-state index contributed by atoms with van der Waals surface area (Å²) in [6, 6.07) is 7.54. The van der Waals surface area contributed by atoms with Gasteiger partial charge in [0, 0.05) is 37.7 Å². The summed E-state index contributed by atoms with van der Waals surface area (Å²) in [5, 5.41) is 9.36. The van der Waals surface area contributed by atoms with E-state index in [0.29, 0.717) is 11.4 Å². The van der Waals surface area contributed by atoms with Crippen LogP contribution in [0, 0.1) is 0 Å². The Kier molecular flexibility index (Phi) is 5.10. The molecule has 0 radical (unpaired) electrons. The first-order valence-electron chi connectivity index (χ1n) is 7.81. The van der Waals surface area contributed by atoms with Crippen LogP contribution in [0.5, 0.6) is 0 Å². The summed E-state index contributed by atoms with van der Waals surface area (Å²) >= 11 is 1.43. The van der Waals surface area contributed by atoms with Crippen molar-refractivity contribution in [1.82, 2.24) is 24.3 Å². The molecular weight excluding hydrogens is 322 g/mol. The fraction of sp³-hybridized carbons (Fsp3) is 0.294. The molecule has 0 spiro atoms. The average Bonchev–Trinajstić information content (AvgIpc) is 3.20. The van der Waals surface area contributed by atoms with Crippen molar-refractivity contribution in [2.45, 2.75) is 25.0 Å². The molecule has 0 saturated heterocycles. The van der Waals surface area contributed by atoms with Crippen molar-refractivity contribution in [2.75, 3.05) is 5.75 Å². The Bertz CT molecular complexity index is 825. The standard InChI is InChI=1S/C17H19N5OS/c1-3-10-22-16(13-6-8-18-9-7-13)19-20-17(22)24-12-15(23)14-5-4-11-21(14)2/h4-9,11H,3,10,12H2,1-2H3. The van der Waals surface area contributed by atoms with Gasteiger partial charge in [-0.15, -0.1) is 10.2 Å². The number of carbonyl (C=O) groups excluding carboxylic acids is 1. The number of nitrogens with zero attached hydrogens (tertiary/aromatic N) is 5. The summed E-state index contributed by atoms with van der Waals surface area (Å²) in [6.07, 6.45) is 6.33. The fourth-order valence-corrected chi connectivity index (χ4v) is 3.33. The molecule has 0 N–H and O–H groups in total. The van der Waals surface area contributed by atoms with E-state index in [0.717, 1.165) is 29.5 Å². The van der Waals surface area contributed by atoms with Crippen LogP contribution in [-0.2, 0) is 13.6 Å². The van der Waals surface area contributed by atoms with Crippen molar-refractivity contribution in [2.24, 2.45) is 7.05 Å². The molecular formula is C17H19N5OS. The van der Waals surface area contributed by atoms with E-state index < -0.39 is 0 Å². The van der Waals surface area contributed by atoms with Gasteiger partial charge >= 0.3 is 0 Å². The predicted molar refractivity (Wildman–Crippen MR) is 94.0 cm³/mol. The molecule has 24 heavy (non-hydrogen) atoms. The largest absolute Gasteiger partial charge is 0.348 e. The van der Waals surface area contributed by atoms with Gasteiger partial charge in [0.2, 0.25) is 0 Å². The molecule has 3 rings (SSSR count). The van der Waals surface area contributed by atoms with Gasteiger partial charge in [0.05, 0.1) is 11.4 Å². The van der Waals surface area contributed by atoms with Crippen LogP contribution in [0.1, 0.15) is 23.8 Å². The minimum atomic E-state index is 0.0870. The van der Waals surface area contributed by atoms with Gasteiger partial charge < -0.3 is 9.13 Å². The highest BCUT2D eigenvalue weighted by Gasteiger charge is 2.16. The topological polar surface area (TPSA) is 65.6 Å². The molecule has 6 nitrogen and oxygen atoms in total. The number of aryl methyl sites for hydroxylation is 1. The van der Waals surface area contributed by atoms with Crippen molar-refractivity contribution < 1.29 is 4.79 Å². The minimum Gasteiger partial charge on any atom is -0.348 e. The quantitative estimate of drug-likeness (QED) is 0.488. The molecule has 7 heteroatoms. The van der Waals surface area contributed by atoms with E-state index in [1.54, 1.807) is 12.4 Å². The van der Waals surface area contributed by atoms with E-state index in [-0.39, 0.29) is 5.78 Å². The Morgan fingerprint density at radius 1 is 1.21 bits per heavy atom. The van der Waals surface area contributed by atoms with Crippen molar-refractivity contribution in [3.63, 3.8) is 0 Å². The number of thioether (sulfide) groups is 1. The average molecular weight is 341 g/mol. The zero-order valence-corrected chi connectivity index (χ0v) is 14.5. The molecule has 0 aromatic carbocycles. The lowest BCUT2D eigenvalue weighted by molar-refractivity contribution is 0.101. The summed E-state index contributed by atoms with van der Waals surface area (Å²) in [5.74, 6) is 1.24. The number of pyridine rings is 1. The molecule has 0 amide bonds. The molecule has 3 aromatic rings. The van der Waals surface area contributed by atoms with Gasteiger partial charge in [-0.1, -0.05) is 18.7 Å². The van der Waals surface area contributed by atoms with E-state index in [1.807, 2.05) is 42.1 Å². The van der Waals surface area contributed by atoms with E-state index in [2.05, 4.69) is 26.7 Å². The molecule has 0 fully saturated rings. The van der Waals surface area contributed by atoms with Crippen molar-refractivity contribution in [3.8, 4) is 11.4 Å². The molecule has 124 valence electrons. The van der Waals surface area contributed by atoms with Gasteiger partial charge in [-0.25, -0.2) is 0 Å². The SMILES string of the molecule is CCCn1c(SCC(=O)c2cccn2C)nnc1-c1ccncc1. The van der Waals surface area contributed by atoms with Gasteiger partial charge in [-0.05, 0) is 30.7 Å². The Labute approximate surface area is 144 Å². The van der Waals surface area contributed by atoms with Gasteiger partial charge in [-0.2, -0.15) is 0 Å². The molecule has 0 aliphatic heterocycles. The maximum Gasteiger partial charge on any atom is 0.191 e. The van der Waals surface area contributed by atoms with E-state index in [1.165, 1.54) is 11.8 Å². The summed E-state index contributed by atoms with van der Waals surface area (Å²) in [4.78, 5) is 16.4. The van der Waals surface area contributed by atoms with Gasteiger partial charge in [-0.3, -0.25) is 9.78 Å². The second-order valence-electron chi connectivity index (χ2n) is 5.41. The number of ketones is 1. The van der Waals surface area contributed by atoms with Crippen molar-refractivity contribution >= 4 is 17.5 Å². The Balaban J connectivity index is 1.80. The van der Waals surface area contributed by atoms with Crippen LogP contribution in [0.25, 0.3) is 11.4 Å². The van der Waals surface area contributed by atoms with Crippen molar-refractivity contribution in [3.05, 3.63) is 48.5 Å². The van der Waals surface area contributed by atoms with Crippen LogP contribution in [-0.4, -0.2) is 35.9 Å². The third kappa shape index (κ3) is 3.41. The Morgan fingerprint density at radius 3 is 2.67 bits per heavy atom. The molecule has 3 aromatic heterocycles. The highest BCUT2D eigenvalue weighted by atomic mass is 32.2. The summed E-state index contributed by atoms with van der Waals surface area (Å²) in [5.41, 5.74) is 1.69. The second-order valence-corrected chi connectivity index (χ2v) is 6.35. The van der Waals surface area contributed by atoms with Crippen molar-refractivity contribution in [1.29, 1.82) is 0 Å². The van der Waals surface area contributed by atoms with E-state index in [9.17, 15) is 4.79 Å². The number of hydrogen-bond donors (Lipinski definition) is 0. The third-order valence-electron chi connectivity index (χ3n) is 3.66. The number of Topliss-reactive ketones (excluding diaryl/α,β-unsaturated/α-hetero) is 1. The molecule has 0 aliphatic carbocycles. The summed E-state index contributed by atoms with van der Waals surface area (Å²) in [7, 11) is 1.87. The zero-order chi connectivity index (χ0) is 16.9. The normalized spacial score (nSPS) is 10.9. The number of carbonyl (C=O) groups is 1. The van der Waals surface area contributed by atoms with Crippen LogP contribution < -0.4 is 0 Å². The first-order chi connectivity index (χ1) is 11.7. The fourth-order valence-electron chi connectivity index (χ4n) is 2.49. The molecule has 0 atom stereocenters. The van der Waals surface area contributed by atoms with Crippen LogP contribution >= 0.6 is 11.8 Å². The summed E-state index contributed by atoms with van der Waals surface area (Å²) in [6.45, 7) is 2.92. The molecule has 0 aliphatic rings. The van der Waals surface area contributed by atoms with Gasteiger partial charge in [0.25, 0.3) is 0 Å². The van der Waals surface area contributed by atoms with Crippen LogP contribution in [0.2, 0.25) is 0 Å². The summed E-state index contributed by atoms with van der Waals surface area (Å²) < 4.78 is 3.90. The van der Waals surface area contributed by atoms with Crippen LogP contribution in [0.15, 0.2) is 48.0 Å². The number of hydrogen-bond acceptors (Lipinski definition) is 5. The van der Waals surface area contributed by atoms with Gasteiger partial charge in [0.15, 0.2) is 16.8 Å². The Morgan fingerprint density at radius 2 is 2.00 bits per heavy atom. The lowest BCUT2D eigenvalue weighted by Gasteiger charge is -2.08. The lowest BCUT2D eigenvalue weighted by Crippen LogP contribution is -2.09. The molecule has 3 heterocycles. The maximum absolute atomic E-state index is 12.3. The number of rotatable bonds is 7. The van der Waals surface area contributed by atoms with Crippen LogP contribution in [0.3, 0.4) is 0 Å². The minimum absolute atomic E-state index is 0.0870. The Hall–Kier alpha value is -2.41. The smallest absolute Gasteiger partial charge is 0.191 e. The first kappa shape index (κ1) is 16.4. The monoisotopic (exact) mass is 341 g/mol. The van der Waals surface area contributed by atoms with Gasteiger partial charge in [0.1, 0.15) is 0 Å².